The lowest BCUT2D eigenvalue weighted by Crippen LogP contribution is -2.48. The maximum Gasteiger partial charge on any atom is 0.165 e. The van der Waals surface area contributed by atoms with Crippen LogP contribution >= 0.6 is 0 Å². The summed E-state index contributed by atoms with van der Waals surface area (Å²) in [5.74, 6) is 0.113. The first-order valence-corrected chi connectivity index (χ1v) is 3.48. The molecule has 0 aromatic heterocycles. The molecule has 0 saturated heterocycles. The van der Waals surface area contributed by atoms with E-state index in [0.29, 0.717) is 0 Å². The fourth-order valence-corrected chi connectivity index (χ4v) is 0.968. The molecule has 10 heavy (non-hydrogen) atoms. The van der Waals surface area contributed by atoms with Crippen LogP contribution in [0.1, 0.15) is 20.8 Å². The Bertz CT molecular complexity index is 110. The fraction of sp³-hybridized carbons (Fsp3) is 0.714. The largest absolute Gasteiger partial charge is 0.394 e. The van der Waals surface area contributed by atoms with E-state index in [2.05, 4.69) is 25.7 Å². The second-order valence-corrected chi connectivity index (χ2v) is 3.10. The molecule has 3 N–H and O–H groups in total. The molecule has 2 nitrogen and oxygen atoms in total. The second kappa shape index (κ2) is 3.66. The van der Waals surface area contributed by atoms with Gasteiger partial charge in [0.25, 0.3) is 0 Å². The Kier molecular flexibility index (Phi) is 3.51. The summed E-state index contributed by atoms with van der Waals surface area (Å²) in [4.78, 5) is 0. The molecule has 3 heteroatoms. The van der Waals surface area contributed by atoms with E-state index in [4.69, 9.17) is 5.73 Å². The fourth-order valence-electron chi connectivity index (χ4n) is 0.968. The highest BCUT2D eigenvalue weighted by Crippen LogP contribution is 1.99. The highest BCUT2D eigenvalue weighted by Gasteiger charge is 2.18. The molecule has 0 saturated carbocycles. The zero-order chi connectivity index (χ0) is 8.20. The van der Waals surface area contributed by atoms with Gasteiger partial charge in [0.15, 0.2) is 7.28 Å². The van der Waals surface area contributed by atoms with Crippen molar-refractivity contribution >= 4 is 7.28 Å². The number of nitrogens with one attached hydrogen (secondary N) is 1. The number of rotatable bonds is 4. The van der Waals surface area contributed by atoms with Crippen molar-refractivity contribution in [2.24, 2.45) is 5.73 Å². The lowest BCUT2D eigenvalue weighted by molar-refractivity contribution is 0.606. The predicted molar refractivity (Wildman–Crippen MR) is 46.8 cm³/mol. The molecule has 0 bridgehead atoms. The maximum atomic E-state index is 5.58. The Morgan fingerprint density at radius 1 is 1.70 bits per heavy atom. The van der Waals surface area contributed by atoms with Gasteiger partial charge in [-0.25, -0.2) is 0 Å². The maximum absolute atomic E-state index is 5.58. The molecule has 0 rings (SSSR count). The minimum atomic E-state index is -0.0457. The van der Waals surface area contributed by atoms with Crippen LogP contribution in [0.3, 0.4) is 0 Å². The van der Waals surface area contributed by atoms with E-state index in [0.717, 1.165) is 0 Å². The highest BCUT2D eigenvalue weighted by atomic mass is 14.9. The van der Waals surface area contributed by atoms with Crippen molar-refractivity contribution in [1.29, 1.82) is 0 Å². The van der Waals surface area contributed by atoms with Crippen molar-refractivity contribution < 1.29 is 0 Å². The molecule has 0 aliphatic heterocycles. The second-order valence-electron chi connectivity index (χ2n) is 3.10. The van der Waals surface area contributed by atoms with Gasteiger partial charge in [0.05, 0.1) is 0 Å². The first-order valence-electron chi connectivity index (χ1n) is 3.48. The van der Waals surface area contributed by atoms with E-state index in [1.165, 1.54) is 0 Å². The van der Waals surface area contributed by atoms with Crippen molar-refractivity contribution in [1.82, 2.24) is 5.32 Å². The van der Waals surface area contributed by atoms with Crippen LogP contribution in [0, 0.1) is 0 Å². The van der Waals surface area contributed by atoms with Crippen molar-refractivity contribution in [2.75, 3.05) is 0 Å². The Labute approximate surface area is 64.1 Å². The summed E-state index contributed by atoms with van der Waals surface area (Å²) in [6.07, 6.45) is 1.68. The smallest absolute Gasteiger partial charge is 0.165 e. The van der Waals surface area contributed by atoms with Crippen LogP contribution in [-0.4, -0.2) is 18.7 Å². The SMILES string of the molecule is C=CNC(C)(C)[B]C(C)N. The van der Waals surface area contributed by atoms with Gasteiger partial charge < -0.3 is 11.1 Å². The van der Waals surface area contributed by atoms with Crippen LogP contribution in [0.25, 0.3) is 0 Å². The molecule has 0 amide bonds. The first kappa shape index (κ1) is 9.56. The van der Waals surface area contributed by atoms with Gasteiger partial charge in [0, 0.05) is 5.44 Å². The topological polar surface area (TPSA) is 38.0 Å². The highest BCUT2D eigenvalue weighted by molar-refractivity contribution is 6.41. The molecule has 0 aliphatic carbocycles. The summed E-state index contributed by atoms with van der Waals surface area (Å²) < 4.78 is 0. The van der Waals surface area contributed by atoms with Crippen LogP contribution in [0.5, 0.6) is 0 Å². The van der Waals surface area contributed by atoms with E-state index in [1.807, 2.05) is 14.2 Å². The van der Waals surface area contributed by atoms with Crippen molar-refractivity contribution in [2.45, 2.75) is 32.2 Å². The van der Waals surface area contributed by atoms with Gasteiger partial charge in [-0.15, -0.1) is 0 Å². The summed E-state index contributed by atoms with van der Waals surface area (Å²) in [7, 11) is 2.04. The molecule has 1 unspecified atom stereocenters. The molecule has 0 spiro atoms. The summed E-state index contributed by atoms with van der Waals surface area (Å²) in [6, 6.07) is 0. The van der Waals surface area contributed by atoms with Gasteiger partial charge in [-0.2, -0.15) is 0 Å². The third-order valence-corrected chi connectivity index (χ3v) is 1.15. The third kappa shape index (κ3) is 4.44. The van der Waals surface area contributed by atoms with Gasteiger partial charge in [-0.1, -0.05) is 27.4 Å². The lowest BCUT2D eigenvalue weighted by Gasteiger charge is -2.25. The van der Waals surface area contributed by atoms with E-state index in [-0.39, 0.29) is 11.4 Å². The Morgan fingerprint density at radius 3 is 2.50 bits per heavy atom. The molecule has 0 fully saturated rings. The first-order chi connectivity index (χ1) is 4.48. The van der Waals surface area contributed by atoms with E-state index in [9.17, 15) is 0 Å². The molecule has 0 aromatic carbocycles. The summed E-state index contributed by atoms with van der Waals surface area (Å²) in [5, 5.41) is 3.08. The van der Waals surface area contributed by atoms with Gasteiger partial charge in [0.1, 0.15) is 0 Å². The van der Waals surface area contributed by atoms with Gasteiger partial charge in [-0.05, 0) is 12.1 Å². The quantitative estimate of drug-likeness (QED) is 0.555. The summed E-state index contributed by atoms with van der Waals surface area (Å²) >= 11 is 0. The van der Waals surface area contributed by atoms with Gasteiger partial charge in [0.2, 0.25) is 0 Å². The van der Waals surface area contributed by atoms with Gasteiger partial charge >= 0.3 is 0 Å². The number of hydrogen-bond donors (Lipinski definition) is 2. The van der Waals surface area contributed by atoms with Crippen LogP contribution in [0.2, 0.25) is 0 Å². The van der Waals surface area contributed by atoms with Crippen LogP contribution < -0.4 is 11.1 Å². The van der Waals surface area contributed by atoms with Crippen LogP contribution in [-0.2, 0) is 0 Å². The minimum Gasteiger partial charge on any atom is -0.394 e. The zero-order valence-electron chi connectivity index (χ0n) is 7.02. The Morgan fingerprint density at radius 2 is 2.20 bits per heavy atom. The molecule has 0 aliphatic rings. The number of hydrogen-bond acceptors (Lipinski definition) is 2. The van der Waals surface area contributed by atoms with Gasteiger partial charge in [-0.3, -0.25) is 0 Å². The molecule has 0 heterocycles. The molecule has 57 valence electrons. The molecule has 1 atom stereocenters. The molecule has 1 radical (unpaired) electrons. The number of nitrogens with two attached hydrogens (primary N) is 1. The Balaban J connectivity index is 3.73. The van der Waals surface area contributed by atoms with Crippen molar-refractivity contribution in [3.05, 3.63) is 12.8 Å². The van der Waals surface area contributed by atoms with E-state index in [1.54, 1.807) is 6.20 Å². The zero-order valence-corrected chi connectivity index (χ0v) is 7.02. The summed E-state index contributed by atoms with van der Waals surface area (Å²) in [5.41, 5.74) is 5.53. The molecule has 0 aromatic rings. The predicted octanol–water partition coefficient (Wildman–Crippen LogP) is 0.465. The van der Waals surface area contributed by atoms with Crippen LogP contribution in [0.4, 0.5) is 0 Å². The Hall–Kier alpha value is -0.435. The molecular formula is C7H16BN2. The van der Waals surface area contributed by atoms with Crippen LogP contribution in [0.15, 0.2) is 12.8 Å². The van der Waals surface area contributed by atoms with E-state index < -0.39 is 0 Å². The lowest BCUT2D eigenvalue weighted by atomic mass is 9.55. The monoisotopic (exact) mass is 139 g/mol. The van der Waals surface area contributed by atoms with Crippen molar-refractivity contribution in [3.8, 4) is 0 Å². The standard InChI is InChI=1S/C7H16BN2/c1-5-10-7(3,4)8-6(2)9/h5-6,10H,1,9H2,2-4H3. The molecular weight excluding hydrogens is 123 g/mol. The van der Waals surface area contributed by atoms with Crippen molar-refractivity contribution in [3.63, 3.8) is 0 Å². The van der Waals surface area contributed by atoms with E-state index >= 15 is 0 Å². The third-order valence-electron chi connectivity index (χ3n) is 1.15. The normalized spacial score (nSPS) is 14.0. The minimum absolute atomic E-state index is 0.0457. The average molecular weight is 139 g/mol. The average Bonchev–Trinajstić information content (AvgIpc) is 1.59. The summed E-state index contributed by atoms with van der Waals surface area (Å²) in [6.45, 7) is 9.64.